The minimum atomic E-state index is -0.734. The first-order chi connectivity index (χ1) is 11.7. The predicted molar refractivity (Wildman–Crippen MR) is 97.4 cm³/mol. The first kappa shape index (κ1) is 18.5. The van der Waals surface area contributed by atoms with Gasteiger partial charge >= 0.3 is 5.97 Å². The Morgan fingerprint density at radius 2 is 1.68 bits per heavy atom. The SMILES string of the molecule is Cc1ccc(C(=O)C(=Cc2ccccc2)C(=O)OC(C)(C)C)c(O)c1. The highest BCUT2D eigenvalue weighted by atomic mass is 16.6. The molecule has 2 rings (SSSR count). The maximum absolute atomic E-state index is 12.9. The zero-order valence-electron chi connectivity index (χ0n) is 14.9. The summed E-state index contributed by atoms with van der Waals surface area (Å²) in [7, 11) is 0. The lowest BCUT2D eigenvalue weighted by Gasteiger charge is -2.20. The Kier molecular flexibility index (Phi) is 5.42. The Labute approximate surface area is 147 Å². The second-order valence-electron chi connectivity index (χ2n) is 6.82. The van der Waals surface area contributed by atoms with Gasteiger partial charge in [-0.2, -0.15) is 0 Å². The Hall–Kier alpha value is -2.88. The van der Waals surface area contributed by atoms with Gasteiger partial charge in [-0.15, -0.1) is 0 Å². The molecule has 0 aliphatic carbocycles. The summed E-state index contributed by atoms with van der Waals surface area (Å²) < 4.78 is 5.37. The van der Waals surface area contributed by atoms with Crippen LogP contribution in [0.15, 0.2) is 54.1 Å². The van der Waals surface area contributed by atoms with E-state index >= 15 is 0 Å². The van der Waals surface area contributed by atoms with E-state index < -0.39 is 17.4 Å². The monoisotopic (exact) mass is 338 g/mol. The highest BCUT2D eigenvalue weighted by Crippen LogP contribution is 2.24. The topological polar surface area (TPSA) is 63.6 Å². The molecule has 0 amide bonds. The minimum Gasteiger partial charge on any atom is -0.507 e. The average Bonchev–Trinajstić information content (AvgIpc) is 2.51. The number of ketones is 1. The fraction of sp³-hybridized carbons (Fsp3) is 0.238. The van der Waals surface area contributed by atoms with Crippen LogP contribution in [0.25, 0.3) is 6.08 Å². The molecule has 0 radical (unpaired) electrons. The number of Topliss-reactive ketones (excluding diaryl/α,β-unsaturated/α-hetero) is 1. The molecule has 1 N–H and O–H groups in total. The van der Waals surface area contributed by atoms with Gasteiger partial charge < -0.3 is 9.84 Å². The molecular formula is C21H22O4. The number of rotatable bonds is 4. The molecule has 0 atom stereocenters. The average molecular weight is 338 g/mol. The third-order valence-electron chi connectivity index (χ3n) is 3.37. The molecule has 0 heterocycles. The number of carbonyl (C=O) groups is 2. The fourth-order valence-corrected chi connectivity index (χ4v) is 2.24. The van der Waals surface area contributed by atoms with Crippen LogP contribution in [-0.2, 0) is 9.53 Å². The van der Waals surface area contributed by atoms with Crippen LogP contribution in [0, 0.1) is 6.92 Å². The van der Waals surface area contributed by atoms with E-state index in [2.05, 4.69) is 0 Å². The number of hydrogen-bond donors (Lipinski definition) is 1. The maximum Gasteiger partial charge on any atom is 0.342 e. The molecule has 2 aromatic rings. The smallest absolute Gasteiger partial charge is 0.342 e. The normalized spacial score (nSPS) is 11.9. The molecule has 0 saturated carbocycles. The van der Waals surface area contributed by atoms with Crippen LogP contribution in [0.4, 0.5) is 0 Å². The van der Waals surface area contributed by atoms with Gasteiger partial charge in [-0.1, -0.05) is 36.4 Å². The van der Waals surface area contributed by atoms with Crippen molar-refractivity contribution in [1.29, 1.82) is 0 Å². The lowest BCUT2D eigenvalue weighted by Crippen LogP contribution is -2.27. The van der Waals surface area contributed by atoms with Crippen LogP contribution >= 0.6 is 0 Å². The molecule has 0 bridgehead atoms. The summed E-state index contributed by atoms with van der Waals surface area (Å²) in [6.45, 7) is 7.01. The predicted octanol–water partition coefficient (Wildman–Crippen LogP) is 4.31. The Balaban J connectivity index is 2.49. The Bertz CT molecular complexity index is 812. The molecule has 25 heavy (non-hydrogen) atoms. The molecule has 0 aliphatic rings. The van der Waals surface area contributed by atoms with E-state index in [0.717, 1.165) is 5.56 Å². The summed E-state index contributed by atoms with van der Waals surface area (Å²) in [4.78, 5) is 25.4. The van der Waals surface area contributed by atoms with Crippen molar-refractivity contribution < 1.29 is 19.4 Å². The molecule has 0 saturated heterocycles. The van der Waals surface area contributed by atoms with Crippen molar-refractivity contribution in [2.24, 2.45) is 0 Å². The standard InChI is InChI=1S/C21H22O4/c1-14-10-11-16(18(22)12-14)19(23)17(20(24)25-21(2,3)4)13-15-8-6-5-7-9-15/h5-13,22H,1-4H3. The molecule has 0 fully saturated rings. The minimum absolute atomic E-state index is 0.0682. The second kappa shape index (κ2) is 7.34. The third-order valence-corrected chi connectivity index (χ3v) is 3.37. The molecule has 0 aromatic heterocycles. The number of phenolic OH excluding ortho intramolecular Hbond substituents is 1. The zero-order valence-corrected chi connectivity index (χ0v) is 14.9. The molecule has 0 aliphatic heterocycles. The van der Waals surface area contributed by atoms with Crippen molar-refractivity contribution >= 4 is 17.8 Å². The van der Waals surface area contributed by atoms with Crippen LogP contribution < -0.4 is 0 Å². The number of aromatic hydroxyl groups is 1. The van der Waals surface area contributed by atoms with Crippen molar-refractivity contribution in [3.05, 3.63) is 70.8 Å². The van der Waals surface area contributed by atoms with E-state index in [-0.39, 0.29) is 16.9 Å². The van der Waals surface area contributed by atoms with E-state index in [1.807, 2.05) is 25.1 Å². The quantitative estimate of drug-likeness (QED) is 0.297. The van der Waals surface area contributed by atoms with Gasteiger partial charge in [0.15, 0.2) is 0 Å². The highest BCUT2D eigenvalue weighted by molar-refractivity contribution is 6.27. The molecule has 4 nitrogen and oxygen atoms in total. The van der Waals surface area contributed by atoms with E-state index in [9.17, 15) is 14.7 Å². The highest BCUT2D eigenvalue weighted by Gasteiger charge is 2.27. The van der Waals surface area contributed by atoms with Gasteiger partial charge in [-0.3, -0.25) is 4.79 Å². The summed E-state index contributed by atoms with van der Waals surface area (Å²) >= 11 is 0. The lowest BCUT2D eigenvalue weighted by molar-refractivity contribution is -0.149. The number of benzene rings is 2. The van der Waals surface area contributed by atoms with Crippen molar-refractivity contribution in [3.8, 4) is 5.75 Å². The summed E-state index contributed by atoms with van der Waals surface area (Å²) in [5.74, 6) is -1.45. The summed E-state index contributed by atoms with van der Waals surface area (Å²) in [6.07, 6.45) is 1.48. The lowest BCUT2D eigenvalue weighted by atomic mass is 9.99. The number of phenols is 1. The van der Waals surface area contributed by atoms with Crippen molar-refractivity contribution in [3.63, 3.8) is 0 Å². The number of aryl methyl sites for hydroxylation is 1. The molecular weight excluding hydrogens is 316 g/mol. The van der Waals surface area contributed by atoms with Crippen LogP contribution in [0.1, 0.15) is 42.3 Å². The second-order valence-corrected chi connectivity index (χ2v) is 6.82. The molecule has 0 unspecified atom stereocenters. The van der Waals surface area contributed by atoms with Gasteiger partial charge in [0.05, 0.1) is 5.56 Å². The van der Waals surface area contributed by atoms with E-state index in [1.54, 1.807) is 39.0 Å². The number of carbonyl (C=O) groups excluding carboxylic acids is 2. The van der Waals surface area contributed by atoms with E-state index in [4.69, 9.17) is 4.74 Å². The van der Waals surface area contributed by atoms with Gasteiger partial charge in [-0.25, -0.2) is 4.79 Å². The maximum atomic E-state index is 12.9. The van der Waals surface area contributed by atoms with Crippen LogP contribution in [-0.4, -0.2) is 22.5 Å². The molecule has 130 valence electrons. The summed E-state index contributed by atoms with van der Waals surface area (Å²) in [5.41, 5.74) is 0.727. The summed E-state index contributed by atoms with van der Waals surface area (Å²) in [5, 5.41) is 10.1. The Morgan fingerprint density at radius 3 is 2.24 bits per heavy atom. The van der Waals surface area contributed by atoms with Gasteiger partial charge in [0, 0.05) is 0 Å². The molecule has 4 heteroatoms. The summed E-state index contributed by atoms with van der Waals surface area (Å²) in [6, 6.07) is 13.7. The Morgan fingerprint density at radius 1 is 1.04 bits per heavy atom. The van der Waals surface area contributed by atoms with Crippen LogP contribution in [0.3, 0.4) is 0 Å². The first-order valence-corrected chi connectivity index (χ1v) is 8.02. The van der Waals surface area contributed by atoms with Crippen LogP contribution in [0.5, 0.6) is 5.75 Å². The fourth-order valence-electron chi connectivity index (χ4n) is 2.24. The van der Waals surface area contributed by atoms with E-state index in [0.29, 0.717) is 5.56 Å². The number of esters is 1. The molecule has 2 aromatic carbocycles. The van der Waals surface area contributed by atoms with E-state index in [1.165, 1.54) is 18.2 Å². The zero-order chi connectivity index (χ0) is 18.6. The first-order valence-electron chi connectivity index (χ1n) is 8.02. The van der Waals surface area contributed by atoms with Crippen molar-refractivity contribution in [1.82, 2.24) is 0 Å². The third kappa shape index (κ3) is 5.05. The number of ether oxygens (including phenoxy) is 1. The van der Waals surface area contributed by atoms with Gasteiger partial charge in [0.2, 0.25) is 5.78 Å². The number of hydrogen-bond acceptors (Lipinski definition) is 4. The van der Waals surface area contributed by atoms with Gasteiger partial charge in [0.25, 0.3) is 0 Å². The molecule has 0 spiro atoms. The van der Waals surface area contributed by atoms with Crippen molar-refractivity contribution in [2.75, 3.05) is 0 Å². The van der Waals surface area contributed by atoms with Gasteiger partial charge in [0.1, 0.15) is 16.9 Å². The van der Waals surface area contributed by atoms with Crippen molar-refractivity contribution in [2.45, 2.75) is 33.3 Å². The largest absolute Gasteiger partial charge is 0.507 e. The van der Waals surface area contributed by atoms with Crippen LogP contribution in [0.2, 0.25) is 0 Å². The van der Waals surface area contributed by atoms with Gasteiger partial charge in [-0.05, 0) is 57.0 Å².